The smallest absolute Gasteiger partial charge is 0.225 e. The minimum Gasteiger partial charge on any atom is -0.355 e. The van der Waals surface area contributed by atoms with E-state index in [0.717, 1.165) is 32.2 Å². The highest BCUT2D eigenvalue weighted by Gasteiger charge is 2.26. The number of nitrogens with zero attached hydrogens (tertiary/aromatic N) is 2. The average Bonchev–Trinajstić information content (AvgIpc) is 2.49. The molecule has 1 rings (SSSR count). The van der Waals surface area contributed by atoms with Gasteiger partial charge in [0.1, 0.15) is 0 Å². The number of nitrogens with one attached hydrogen (secondary N) is 3. The zero-order chi connectivity index (χ0) is 19.3. The van der Waals surface area contributed by atoms with Crippen molar-refractivity contribution in [2.75, 3.05) is 32.9 Å². The summed E-state index contributed by atoms with van der Waals surface area (Å²) in [6.45, 7) is 9.36. The molecule has 0 aromatic heterocycles. The van der Waals surface area contributed by atoms with Gasteiger partial charge in [0, 0.05) is 44.2 Å². The number of guanidine groups is 1. The van der Waals surface area contributed by atoms with Crippen molar-refractivity contribution in [3.8, 4) is 0 Å². The molecular weight excluding hydrogens is 342 g/mol. The van der Waals surface area contributed by atoms with Crippen molar-refractivity contribution in [1.29, 1.82) is 0 Å². The molecule has 0 aliphatic carbocycles. The van der Waals surface area contributed by atoms with Crippen molar-refractivity contribution < 1.29 is 13.2 Å². The molecule has 0 unspecified atom stereocenters. The molecule has 1 aliphatic heterocycles. The quantitative estimate of drug-likeness (QED) is 0.452. The topological polar surface area (TPSA) is 103 Å². The molecule has 8 nitrogen and oxygen atoms in total. The SMILES string of the molecule is CN=C(NCC(C)(C)NS(C)(=O)=O)NC1CCN(C(=O)C(C)C)CC1. The second-order valence-corrected chi connectivity index (χ2v) is 9.33. The van der Waals surface area contributed by atoms with Gasteiger partial charge in [0.15, 0.2) is 5.96 Å². The standard InChI is InChI=1S/C16H33N5O3S/c1-12(2)14(22)21-9-7-13(8-10-21)19-15(17-5)18-11-16(3,4)20-25(6,23)24/h12-13,20H,7-11H2,1-6H3,(H2,17,18,19). The fourth-order valence-corrected chi connectivity index (χ4v) is 3.92. The summed E-state index contributed by atoms with van der Waals surface area (Å²) in [4.78, 5) is 18.1. The maximum Gasteiger partial charge on any atom is 0.225 e. The summed E-state index contributed by atoms with van der Waals surface area (Å²) in [5.41, 5.74) is -0.627. The Morgan fingerprint density at radius 2 is 1.84 bits per heavy atom. The van der Waals surface area contributed by atoms with E-state index in [1.165, 1.54) is 0 Å². The van der Waals surface area contributed by atoms with E-state index in [1.54, 1.807) is 7.05 Å². The van der Waals surface area contributed by atoms with Crippen LogP contribution in [0, 0.1) is 5.92 Å². The van der Waals surface area contributed by atoms with Gasteiger partial charge in [-0.3, -0.25) is 9.79 Å². The molecule has 0 aromatic carbocycles. The average molecular weight is 376 g/mol. The molecule has 0 radical (unpaired) electrons. The zero-order valence-corrected chi connectivity index (χ0v) is 17.0. The normalized spacial score (nSPS) is 17.7. The van der Waals surface area contributed by atoms with Gasteiger partial charge in [0.05, 0.1) is 6.26 Å². The van der Waals surface area contributed by atoms with Gasteiger partial charge in [-0.15, -0.1) is 0 Å². The number of hydrogen-bond donors (Lipinski definition) is 3. The maximum atomic E-state index is 12.0. The predicted octanol–water partition coefficient (Wildman–Crippen LogP) is 0.126. The van der Waals surface area contributed by atoms with E-state index >= 15 is 0 Å². The number of sulfonamides is 1. The highest BCUT2D eigenvalue weighted by atomic mass is 32.2. The minimum atomic E-state index is -3.27. The predicted molar refractivity (Wildman–Crippen MR) is 101 cm³/mol. The van der Waals surface area contributed by atoms with Crippen LogP contribution in [0.25, 0.3) is 0 Å². The van der Waals surface area contributed by atoms with Gasteiger partial charge in [-0.25, -0.2) is 13.1 Å². The van der Waals surface area contributed by atoms with Crippen molar-refractivity contribution in [2.45, 2.75) is 52.1 Å². The van der Waals surface area contributed by atoms with Gasteiger partial charge < -0.3 is 15.5 Å². The molecular formula is C16H33N5O3S. The van der Waals surface area contributed by atoms with Gasteiger partial charge >= 0.3 is 0 Å². The number of amides is 1. The third-order valence-corrected chi connectivity index (χ3v) is 4.95. The number of aliphatic imine (C=N–C) groups is 1. The molecule has 0 saturated carbocycles. The Labute approximate surface area is 151 Å². The van der Waals surface area contributed by atoms with Gasteiger partial charge in [0.2, 0.25) is 15.9 Å². The van der Waals surface area contributed by atoms with Crippen LogP contribution in [-0.4, -0.2) is 69.7 Å². The first kappa shape index (κ1) is 21.7. The molecule has 0 spiro atoms. The lowest BCUT2D eigenvalue weighted by atomic mass is 10.0. The number of likely N-dealkylation sites (tertiary alicyclic amines) is 1. The van der Waals surface area contributed by atoms with E-state index in [2.05, 4.69) is 20.3 Å². The maximum absolute atomic E-state index is 12.0. The third-order valence-electron chi connectivity index (χ3n) is 4.02. The van der Waals surface area contributed by atoms with Crippen molar-refractivity contribution >= 4 is 21.9 Å². The van der Waals surface area contributed by atoms with Gasteiger partial charge in [-0.2, -0.15) is 0 Å². The van der Waals surface area contributed by atoms with Gasteiger partial charge in [-0.05, 0) is 26.7 Å². The fraction of sp³-hybridized carbons (Fsp3) is 0.875. The van der Waals surface area contributed by atoms with E-state index in [1.807, 2.05) is 32.6 Å². The molecule has 1 aliphatic rings. The fourth-order valence-electron chi connectivity index (χ4n) is 2.84. The first-order valence-electron chi connectivity index (χ1n) is 8.68. The van der Waals surface area contributed by atoms with Crippen LogP contribution in [0.1, 0.15) is 40.5 Å². The van der Waals surface area contributed by atoms with E-state index in [0.29, 0.717) is 12.5 Å². The molecule has 3 N–H and O–H groups in total. The molecule has 146 valence electrons. The Morgan fingerprint density at radius 1 is 1.28 bits per heavy atom. The lowest BCUT2D eigenvalue weighted by Gasteiger charge is -2.34. The summed E-state index contributed by atoms with van der Waals surface area (Å²) in [5.74, 6) is 0.870. The molecule has 0 bridgehead atoms. The Bertz CT molecular complexity index is 579. The van der Waals surface area contributed by atoms with E-state index in [4.69, 9.17) is 0 Å². The Kier molecular flexibility index (Phi) is 7.67. The second-order valence-electron chi connectivity index (χ2n) is 7.58. The number of rotatable bonds is 6. The van der Waals surface area contributed by atoms with Crippen molar-refractivity contribution in [1.82, 2.24) is 20.3 Å². The van der Waals surface area contributed by atoms with Crippen LogP contribution in [0.3, 0.4) is 0 Å². The molecule has 25 heavy (non-hydrogen) atoms. The molecule has 0 aromatic rings. The van der Waals surface area contributed by atoms with Crippen molar-refractivity contribution in [2.24, 2.45) is 10.9 Å². The van der Waals surface area contributed by atoms with Crippen molar-refractivity contribution in [3.05, 3.63) is 0 Å². The van der Waals surface area contributed by atoms with E-state index in [9.17, 15) is 13.2 Å². The monoisotopic (exact) mass is 375 g/mol. The van der Waals surface area contributed by atoms with Gasteiger partial charge in [-0.1, -0.05) is 13.8 Å². The zero-order valence-electron chi connectivity index (χ0n) is 16.2. The highest BCUT2D eigenvalue weighted by Crippen LogP contribution is 2.13. The molecule has 1 heterocycles. The minimum absolute atomic E-state index is 0.0310. The third kappa shape index (κ3) is 8.04. The Morgan fingerprint density at radius 3 is 2.28 bits per heavy atom. The molecule has 1 fully saturated rings. The van der Waals surface area contributed by atoms with Gasteiger partial charge in [0.25, 0.3) is 0 Å². The summed E-state index contributed by atoms with van der Waals surface area (Å²) >= 11 is 0. The Balaban J connectivity index is 2.47. The summed E-state index contributed by atoms with van der Waals surface area (Å²) in [5, 5.41) is 6.52. The van der Waals surface area contributed by atoms with Crippen LogP contribution in [0.15, 0.2) is 4.99 Å². The number of piperidine rings is 1. The number of hydrogen-bond acceptors (Lipinski definition) is 4. The number of carbonyl (C=O) groups is 1. The first-order chi connectivity index (χ1) is 11.4. The largest absolute Gasteiger partial charge is 0.355 e. The molecule has 1 amide bonds. The summed E-state index contributed by atoms with van der Waals surface area (Å²) in [6, 6.07) is 0.244. The van der Waals surface area contributed by atoms with Crippen LogP contribution in [0.5, 0.6) is 0 Å². The van der Waals surface area contributed by atoms with E-state index < -0.39 is 15.6 Å². The first-order valence-corrected chi connectivity index (χ1v) is 10.6. The second kappa shape index (κ2) is 8.84. The van der Waals surface area contributed by atoms with E-state index in [-0.39, 0.29) is 17.9 Å². The van der Waals surface area contributed by atoms with Crippen LogP contribution >= 0.6 is 0 Å². The van der Waals surface area contributed by atoms with Crippen LogP contribution in [0.2, 0.25) is 0 Å². The summed E-state index contributed by atoms with van der Waals surface area (Å²) < 4.78 is 25.4. The summed E-state index contributed by atoms with van der Waals surface area (Å²) in [7, 11) is -1.59. The Hall–Kier alpha value is -1.35. The lowest BCUT2D eigenvalue weighted by molar-refractivity contribution is -0.135. The molecule has 1 saturated heterocycles. The molecule has 9 heteroatoms. The van der Waals surface area contributed by atoms with Crippen molar-refractivity contribution in [3.63, 3.8) is 0 Å². The van der Waals surface area contributed by atoms with Crippen LogP contribution in [-0.2, 0) is 14.8 Å². The number of carbonyl (C=O) groups excluding carboxylic acids is 1. The highest BCUT2D eigenvalue weighted by molar-refractivity contribution is 7.88. The molecule has 0 atom stereocenters. The van der Waals surface area contributed by atoms with Crippen LogP contribution in [0.4, 0.5) is 0 Å². The summed E-state index contributed by atoms with van der Waals surface area (Å²) in [6.07, 6.45) is 2.88. The van der Waals surface area contributed by atoms with Crippen LogP contribution < -0.4 is 15.4 Å². The lowest BCUT2D eigenvalue weighted by Crippen LogP contribution is -2.55.